The first-order valence-corrected chi connectivity index (χ1v) is 9.96. The van der Waals surface area contributed by atoms with Crippen LogP contribution in [0, 0.1) is 5.92 Å². The van der Waals surface area contributed by atoms with Crippen LogP contribution in [0.2, 0.25) is 0 Å². The molecule has 5 nitrogen and oxygen atoms in total. The number of hydrogen-bond acceptors (Lipinski definition) is 3. The first-order chi connectivity index (χ1) is 10.1. The molecule has 1 aliphatic heterocycles. The van der Waals surface area contributed by atoms with Gasteiger partial charge in [-0.3, -0.25) is 0 Å². The average molecular weight is 317 g/mol. The molecule has 21 heavy (non-hydrogen) atoms. The Balaban J connectivity index is 1.92. The topological polar surface area (TPSA) is 52.7 Å². The van der Waals surface area contributed by atoms with Crippen molar-refractivity contribution in [2.45, 2.75) is 58.4 Å². The van der Waals surface area contributed by atoms with E-state index in [1.54, 1.807) is 8.61 Å². The van der Waals surface area contributed by atoms with E-state index in [9.17, 15) is 8.42 Å². The number of hydrogen-bond donors (Lipinski definition) is 1. The molecule has 1 aliphatic carbocycles. The predicted octanol–water partition coefficient (Wildman–Crippen LogP) is 1.82. The van der Waals surface area contributed by atoms with Gasteiger partial charge in [0.15, 0.2) is 0 Å². The second-order valence-corrected chi connectivity index (χ2v) is 8.38. The number of nitrogens with one attached hydrogen (secondary N) is 1. The average Bonchev–Trinajstić information content (AvgIpc) is 3.29. The van der Waals surface area contributed by atoms with E-state index >= 15 is 0 Å². The molecule has 0 aromatic heterocycles. The first-order valence-electron chi connectivity index (χ1n) is 8.56. The quantitative estimate of drug-likeness (QED) is 0.706. The van der Waals surface area contributed by atoms with Gasteiger partial charge in [0.2, 0.25) is 0 Å². The van der Waals surface area contributed by atoms with Gasteiger partial charge in [-0.15, -0.1) is 0 Å². The van der Waals surface area contributed by atoms with Crippen LogP contribution in [0.15, 0.2) is 0 Å². The maximum Gasteiger partial charge on any atom is 0.281 e. The Morgan fingerprint density at radius 3 is 2.38 bits per heavy atom. The highest BCUT2D eigenvalue weighted by Gasteiger charge is 2.33. The summed E-state index contributed by atoms with van der Waals surface area (Å²) in [6.45, 7) is 7.69. The largest absolute Gasteiger partial charge is 0.314 e. The summed E-state index contributed by atoms with van der Waals surface area (Å²) in [5.41, 5.74) is 0. The van der Waals surface area contributed by atoms with Crippen LogP contribution in [0.1, 0.15) is 52.4 Å². The van der Waals surface area contributed by atoms with Gasteiger partial charge in [-0.2, -0.15) is 17.0 Å². The Kier molecular flexibility index (Phi) is 6.47. The second-order valence-electron chi connectivity index (χ2n) is 6.46. The number of rotatable bonds is 9. The van der Waals surface area contributed by atoms with Gasteiger partial charge in [-0.1, -0.05) is 13.8 Å². The van der Waals surface area contributed by atoms with Crippen molar-refractivity contribution in [3.8, 4) is 0 Å². The van der Waals surface area contributed by atoms with Gasteiger partial charge in [-0.05, 0) is 51.0 Å². The molecular weight excluding hydrogens is 286 g/mol. The van der Waals surface area contributed by atoms with Crippen molar-refractivity contribution < 1.29 is 8.42 Å². The first kappa shape index (κ1) is 17.2. The minimum Gasteiger partial charge on any atom is -0.314 e. The summed E-state index contributed by atoms with van der Waals surface area (Å²) < 4.78 is 29.0. The summed E-state index contributed by atoms with van der Waals surface area (Å²) >= 11 is 0. The van der Waals surface area contributed by atoms with Crippen molar-refractivity contribution in [2.75, 3.05) is 32.7 Å². The Hall–Kier alpha value is -0.170. The summed E-state index contributed by atoms with van der Waals surface area (Å²) in [6, 6.07) is 0.702. The lowest BCUT2D eigenvalue weighted by Gasteiger charge is -2.35. The third kappa shape index (κ3) is 4.91. The standard InChI is InChI=1S/C15H31N3O2S/c1-3-9-17(10-4-2)21(19,20)18-11-5-6-14(13-18)12-16-15-7-8-15/h14-16H,3-13H2,1-2H3. The zero-order valence-electron chi connectivity index (χ0n) is 13.6. The van der Waals surface area contributed by atoms with E-state index in [0.29, 0.717) is 38.1 Å². The number of piperidine rings is 1. The van der Waals surface area contributed by atoms with Crippen molar-refractivity contribution >= 4 is 10.2 Å². The lowest BCUT2D eigenvalue weighted by atomic mass is 10.00. The zero-order chi connectivity index (χ0) is 15.3. The summed E-state index contributed by atoms with van der Waals surface area (Å²) in [4.78, 5) is 0. The van der Waals surface area contributed by atoms with E-state index in [0.717, 1.165) is 32.2 Å². The van der Waals surface area contributed by atoms with E-state index in [4.69, 9.17) is 0 Å². The van der Waals surface area contributed by atoms with Crippen molar-refractivity contribution in [3.05, 3.63) is 0 Å². The van der Waals surface area contributed by atoms with Gasteiger partial charge >= 0.3 is 0 Å². The third-order valence-electron chi connectivity index (χ3n) is 4.35. The Morgan fingerprint density at radius 2 is 1.81 bits per heavy atom. The maximum atomic E-state index is 12.8. The SMILES string of the molecule is CCCN(CCC)S(=O)(=O)N1CCCC(CNC2CC2)C1. The monoisotopic (exact) mass is 317 g/mol. The predicted molar refractivity (Wildman–Crippen MR) is 86.4 cm³/mol. The molecule has 124 valence electrons. The maximum absolute atomic E-state index is 12.8. The van der Waals surface area contributed by atoms with Crippen LogP contribution < -0.4 is 5.32 Å². The molecule has 1 saturated carbocycles. The molecule has 0 amide bonds. The van der Waals surface area contributed by atoms with Crippen molar-refractivity contribution in [2.24, 2.45) is 5.92 Å². The van der Waals surface area contributed by atoms with E-state index in [-0.39, 0.29) is 0 Å². The van der Waals surface area contributed by atoms with Crippen LogP contribution in [0.5, 0.6) is 0 Å². The van der Waals surface area contributed by atoms with Crippen LogP contribution in [-0.4, -0.2) is 55.8 Å². The normalized spacial score (nSPS) is 24.6. The minimum absolute atomic E-state index is 0.472. The van der Waals surface area contributed by atoms with E-state index in [2.05, 4.69) is 5.32 Å². The van der Waals surface area contributed by atoms with Crippen molar-refractivity contribution in [3.63, 3.8) is 0 Å². The fraction of sp³-hybridized carbons (Fsp3) is 1.00. The molecule has 1 heterocycles. The molecule has 0 aromatic rings. The van der Waals surface area contributed by atoms with Crippen molar-refractivity contribution in [1.29, 1.82) is 0 Å². The molecule has 0 bridgehead atoms. The summed E-state index contributed by atoms with van der Waals surface area (Å²) in [6.07, 6.45) is 6.46. The Labute approximate surface area is 130 Å². The third-order valence-corrected chi connectivity index (χ3v) is 6.35. The van der Waals surface area contributed by atoms with Crippen LogP contribution in [0.4, 0.5) is 0 Å². The molecule has 0 aromatic carbocycles. The van der Waals surface area contributed by atoms with Gasteiger partial charge in [0.25, 0.3) is 10.2 Å². The van der Waals surface area contributed by atoms with Gasteiger partial charge in [0.05, 0.1) is 0 Å². The van der Waals surface area contributed by atoms with Crippen LogP contribution >= 0.6 is 0 Å². The Morgan fingerprint density at radius 1 is 1.14 bits per heavy atom. The van der Waals surface area contributed by atoms with E-state index in [1.165, 1.54) is 12.8 Å². The van der Waals surface area contributed by atoms with E-state index < -0.39 is 10.2 Å². The Bertz CT molecular complexity index is 403. The molecule has 2 rings (SSSR count). The highest BCUT2D eigenvalue weighted by molar-refractivity contribution is 7.86. The number of nitrogens with zero attached hydrogens (tertiary/aromatic N) is 2. The highest BCUT2D eigenvalue weighted by atomic mass is 32.2. The molecule has 0 radical (unpaired) electrons. The summed E-state index contributed by atoms with van der Waals surface area (Å²) in [5.74, 6) is 0.472. The smallest absolute Gasteiger partial charge is 0.281 e. The van der Waals surface area contributed by atoms with Gasteiger partial charge < -0.3 is 5.32 Å². The van der Waals surface area contributed by atoms with E-state index in [1.807, 2.05) is 13.8 Å². The summed E-state index contributed by atoms with van der Waals surface area (Å²) in [7, 11) is -3.27. The second kappa shape index (κ2) is 7.90. The minimum atomic E-state index is -3.27. The molecular formula is C15H31N3O2S. The van der Waals surface area contributed by atoms with Crippen LogP contribution in [0.3, 0.4) is 0 Å². The van der Waals surface area contributed by atoms with Crippen molar-refractivity contribution in [1.82, 2.24) is 13.9 Å². The zero-order valence-corrected chi connectivity index (χ0v) is 14.4. The fourth-order valence-electron chi connectivity index (χ4n) is 3.03. The lowest BCUT2D eigenvalue weighted by molar-refractivity contribution is 0.241. The molecule has 1 atom stereocenters. The van der Waals surface area contributed by atoms with Gasteiger partial charge in [-0.25, -0.2) is 0 Å². The molecule has 1 N–H and O–H groups in total. The fourth-order valence-corrected chi connectivity index (χ4v) is 4.94. The van der Waals surface area contributed by atoms with Gasteiger partial charge in [0, 0.05) is 32.2 Å². The highest BCUT2D eigenvalue weighted by Crippen LogP contribution is 2.23. The molecule has 2 fully saturated rings. The van der Waals surface area contributed by atoms with Gasteiger partial charge in [0.1, 0.15) is 0 Å². The molecule has 6 heteroatoms. The summed E-state index contributed by atoms with van der Waals surface area (Å²) in [5, 5.41) is 3.54. The van der Waals surface area contributed by atoms with Crippen LogP contribution in [-0.2, 0) is 10.2 Å². The molecule has 1 saturated heterocycles. The molecule has 1 unspecified atom stereocenters. The van der Waals surface area contributed by atoms with Crippen LogP contribution in [0.25, 0.3) is 0 Å². The molecule has 0 spiro atoms. The molecule has 2 aliphatic rings. The lowest BCUT2D eigenvalue weighted by Crippen LogP contribution is -2.49.